The molecule has 5 heterocycles. The van der Waals surface area contributed by atoms with Gasteiger partial charge >= 0.3 is 12.1 Å². The maximum absolute atomic E-state index is 15.5. The van der Waals surface area contributed by atoms with Crippen LogP contribution in [0.4, 0.5) is 41.7 Å². The summed E-state index contributed by atoms with van der Waals surface area (Å²) in [5, 5.41) is 22.0. The lowest BCUT2D eigenvalue weighted by molar-refractivity contribution is -0.142. The van der Waals surface area contributed by atoms with Crippen LogP contribution in [-0.4, -0.2) is 59.2 Å². The summed E-state index contributed by atoms with van der Waals surface area (Å²) in [4.78, 5) is 25.4. The molecule has 2 aliphatic carbocycles. The third-order valence-corrected chi connectivity index (χ3v) is 11.3. The molecule has 1 aliphatic heterocycles. The quantitative estimate of drug-likeness (QED) is 0.130. The summed E-state index contributed by atoms with van der Waals surface area (Å²) in [7, 11) is 1.67. The zero-order valence-corrected chi connectivity index (χ0v) is 30.0. The number of β-amino-alcohol motifs (C(OH)–C–C–N with tert-alkyl or cyclic N) is 1. The number of halogens is 7. The van der Waals surface area contributed by atoms with Gasteiger partial charge in [-0.2, -0.15) is 37.1 Å². The third kappa shape index (κ3) is 5.72. The van der Waals surface area contributed by atoms with Crippen molar-refractivity contribution in [3.63, 3.8) is 0 Å². The Hall–Kier alpha value is -5.74. The van der Waals surface area contributed by atoms with Gasteiger partial charge in [0.2, 0.25) is 5.91 Å². The number of alkyl halides is 5. The number of aliphatic hydroxyl groups is 1. The van der Waals surface area contributed by atoms with E-state index in [0.29, 0.717) is 55.7 Å². The van der Waals surface area contributed by atoms with E-state index in [1.807, 2.05) is 4.90 Å². The number of carbonyl (C=O) groups is 1. The summed E-state index contributed by atoms with van der Waals surface area (Å²) in [5.41, 5.74) is 3.90. The van der Waals surface area contributed by atoms with Crippen LogP contribution in [0.3, 0.4) is 0 Å². The zero-order chi connectivity index (χ0) is 39.6. The number of nitrogens with one attached hydrogen (secondary N) is 1. The minimum atomic E-state index is -5.11. The van der Waals surface area contributed by atoms with Crippen molar-refractivity contribution in [3.05, 3.63) is 82.3 Å². The van der Waals surface area contributed by atoms with Crippen LogP contribution in [0.5, 0.6) is 0 Å². The maximum Gasteiger partial charge on any atom is 0.435 e. The predicted octanol–water partition coefficient (Wildman–Crippen LogP) is 5.81. The van der Waals surface area contributed by atoms with E-state index < -0.39 is 76.6 Å². The molecule has 1 amide bonds. The molecule has 0 saturated carbocycles. The Labute approximate surface area is 315 Å². The van der Waals surface area contributed by atoms with E-state index in [1.165, 1.54) is 11.3 Å². The van der Waals surface area contributed by atoms with Crippen molar-refractivity contribution in [2.24, 2.45) is 13.0 Å². The number of rotatable bonds is 8. The molecule has 4 N–H and O–H groups in total. The second kappa shape index (κ2) is 12.1. The van der Waals surface area contributed by atoms with Crippen molar-refractivity contribution in [3.8, 4) is 23.0 Å². The van der Waals surface area contributed by atoms with Crippen LogP contribution in [0, 0.1) is 29.4 Å². The molecule has 0 bridgehead atoms. The second-order valence-electron chi connectivity index (χ2n) is 14.5. The number of aromatic nitrogens is 6. The van der Waals surface area contributed by atoms with E-state index >= 15 is 8.78 Å². The van der Waals surface area contributed by atoms with Gasteiger partial charge in [-0.25, -0.2) is 13.8 Å². The van der Waals surface area contributed by atoms with Crippen LogP contribution < -0.4 is 16.0 Å². The fourth-order valence-electron chi connectivity index (χ4n) is 7.91. The Morgan fingerprint density at radius 3 is 2.48 bits per heavy atom. The molecule has 56 heavy (non-hydrogen) atoms. The van der Waals surface area contributed by atoms with Gasteiger partial charge in [-0.3, -0.25) is 14.2 Å². The van der Waals surface area contributed by atoms with Gasteiger partial charge in [0.1, 0.15) is 29.8 Å². The van der Waals surface area contributed by atoms with Gasteiger partial charge in [0.15, 0.2) is 22.3 Å². The molecular formula is C37H28F7N9O2S. The standard InChI is InChI=1S/C37H28F7N9O2S/c1-35(55)14-52(15-35)34-48-33-25(56-34)12-22(19-4-3-5-21-29(19)51(2)50-32(21)45)28(47-33)24(10-16-8-17(38)11-18(39)9-16)46-26(54)13-53-31-27(30(49-53)37(42,43)44)20-6-7-23(20)36(31,40)41/h3-5,8-9,11-12,20,23-24,55H,10,13-15H2,1-2H3,(H2,45,50)(H,46,54)/t20-,23+,24-/m0/s1. The second-order valence-corrected chi connectivity index (χ2v) is 15.5. The Morgan fingerprint density at radius 1 is 1.09 bits per heavy atom. The normalized spacial score (nSPS) is 19.6. The summed E-state index contributed by atoms with van der Waals surface area (Å²) in [6.45, 7) is 1.24. The fourth-order valence-corrected chi connectivity index (χ4v) is 8.86. The minimum absolute atomic E-state index is 0.0741. The highest BCUT2D eigenvalue weighted by Gasteiger charge is 2.62. The topological polar surface area (TPSA) is 140 Å². The average molecular weight is 796 g/mol. The lowest BCUT2D eigenvalue weighted by Gasteiger charge is -2.43. The number of fused-ring (bicyclic) bond motifs is 5. The number of hydrogen-bond acceptors (Lipinski definition) is 9. The summed E-state index contributed by atoms with van der Waals surface area (Å²) >= 11 is 1.29. The third-order valence-electron chi connectivity index (χ3n) is 10.2. The summed E-state index contributed by atoms with van der Waals surface area (Å²) in [6, 6.07) is 8.50. The van der Waals surface area contributed by atoms with Crippen LogP contribution in [0.25, 0.3) is 32.4 Å². The first kappa shape index (κ1) is 35.9. The Kier molecular flexibility index (Phi) is 7.78. The van der Waals surface area contributed by atoms with E-state index in [0.717, 1.165) is 12.1 Å². The summed E-state index contributed by atoms with van der Waals surface area (Å²) in [5.74, 6) is -4.92. The highest BCUT2D eigenvalue weighted by molar-refractivity contribution is 7.22. The van der Waals surface area contributed by atoms with E-state index in [4.69, 9.17) is 10.7 Å². The van der Waals surface area contributed by atoms with Crippen molar-refractivity contribution in [2.45, 2.75) is 49.5 Å². The molecule has 4 aromatic heterocycles. The van der Waals surface area contributed by atoms with Gasteiger partial charge in [-0.15, -0.1) is 0 Å². The number of hydrogen-bond donors (Lipinski definition) is 3. The Balaban J connectivity index is 1.18. The molecule has 19 heteroatoms. The molecule has 0 unspecified atom stereocenters. The molecule has 2 aromatic carbocycles. The highest BCUT2D eigenvalue weighted by atomic mass is 32.1. The zero-order valence-electron chi connectivity index (χ0n) is 29.2. The lowest BCUT2D eigenvalue weighted by atomic mass is 9.84. The number of nitrogen functional groups attached to an aromatic ring is 1. The van der Waals surface area contributed by atoms with Gasteiger partial charge in [0.25, 0.3) is 0 Å². The molecule has 3 aliphatic rings. The first-order valence-electron chi connectivity index (χ1n) is 17.2. The molecule has 288 valence electrons. The number of benzene rings is 2. The SMILES string of the molecule is Cn1nc(N)c2cccc(-c3cc4sc(N5CC(C)(O)C5)nc4nc3[C@H](Cc3cc(F)cc(F)c3)NC(=O)Cn3nc(C(F)(F)F)c4c3C(F)(F)[C@@H]3C#C[C@H]43)c21. The van der Waals surface area contributed by atoms with E-state index in [1.54, 1.807) is 42.9 Å². The minimum Gasteiger partial charge on any atom is -0.386 e. The molecule has 6 aromatic rings. The maximum atomic E-state index is 15.5. The Morgan fingerprint density at radius 2 is 1.82 bits per heavy atom. The first-order chi connectivity index (χ1) is 26.4. The number of amides is 1. The monoisotopic (exact) mass is 795 g/mol. The number of nitrogens with two attached hydrogens (primary N) is 1. The number of thiazole rings is 1. The van der Waals surface area contributed by atoms with E-state index in [-0.39, 0.29) is 29.1 Å². The van der Waals surface area contributed by atoms with Crippen LogP contribution in [0.1, 0.15) is 47.1 Å². The van der Waals surface area contributed by atoms with Gasteiger partial charge < -0.3 is 21.1 Å². The number of anilines is 2. The number of aryl methyl sites for hydroxylation is 1. The van der Waals surface area contributed by atoms with Gasteiger partial charge in [-0.05, 0) is 43.2 Å². The predicted molar refractivity (Wildman–Crippen MR) is 190 cm³/mol. The molecular weight excluding hydrogens is 768 g/mol. The van der Waals surface area contributed by atoms with Gasteiger partial charge in [-0.1, -0.05) is 35.3 Å². The van der Waals surface area contributed by atoms with Gasteiger partial charge in [0.05, 0.1) is 46.6 Å². The molecule has 11 nitrogen and oxygen atoms in total. The number of para-hydroxylation sites is 1. The molecule has 1 fully saturated rings. The van der Waals surface area contributed by atoms with Crippen LogP contribution in [0.2, 0.25) is 0 Å². The molecule has 0 spiro atoms. The van der Waals surface area contributed by atoms with Crippen LogP contribution >= 0.6 is 11.3 Å². The molecule has 9 rings (SSSR count). The van der Waals surface area contributed by atoms with Crippen molar-refractivity contribution >= 4 is 49.4 Å². The van der Waals surface area contributed by atoms with Crippen molar-refractivity contribution in [1.29, 1.82) is 0 Å². The van der Waals surface area contributed by atoms with Crippen LogP contribution in [0.15, 0.2) is 42.5 Å². The van der Waals surface area contributed by atoms with Crippen molar-refractivity contribution < 1.29 is 40.6 Å². The molecule has 3 atom stereocenters. The number of nitrogens with zero attached hydrogens (tertiary/aromatic N) is 7. The van der Waals surface area contributed by atoms with Crippen molar-refractivity contribution in [1.82, 2.24) is 34.8 Å². The lowest BCUT2D eigenvalue weighted by Crippen LogP contribution is -2.60. The largest absolute Gasteiger partial charge is 0.435 e. The van der Waals surface area contributed by atoms with E-state index in [2.05, 4.69) is 32.3 Å². The Bertz CT molecular complexity index is 2680. The summed E-state index contributed by atoms with van der Waals surface area (Å²) < 4.78 is 105. The van der Waals surface area contributed by atoms with Crippen LogP contribution in [-0.2, 0) is 36.9 Å². The van der Waals surface area contributed by atoms with Crippen molar-refractivity contribution in [2.75, 3.05) is 23.7 Å². The number of carbonyl (C=O) groups excluding carboxylic acids is 1. The fraction of sp³-hybridized carbons (Fsp3) is 0.324. The highest BCUT2D eigenvalue weighted by Crippen LogP contribution is 2.58. The molecule has 1 saturated heterocycles. The smallest absolute Gasteiger partial charge is 0.386 e. The van der Waals surface area contributed by atoms with Gasteiger partial charge in [0, 0.05) is 35.2 Å². The first-order valence-corrected chi connectivity index (χ1v) is 18.0. The number of pyridine rings is 1. The van der Waals surface area contributed by atoms with E-state index in [9.17, 15) is 31.9 Å². The summed E-state index contributed by atoms with van der Waals surface area (Å²) in [6.07, 6.45) is -5.42. The average Bonchev–Trinajstić information content (AvgIpc) is 3.77. The molecule has 0 radical (unpaired) electrons.